The van der Waals surface area contributed by atoms with Gasteiger partial charge in [0.05, 0.1) is 6.54 Å². The molecule has 0 saturated carbocycles. The van der Waals surface area contributed by atoms with Gasteiger partial charge in [0, 0.05) is 30.7 Å². The molecular weight excluding hydrogens is 274 g/mol. The second kappa shape index (κ2) is 5.67. The van der Waals surface area contributed by atoms with Crippen LogP contribution < -0.4 is 0 Å². The number of nitrogens with zero attached hydrogens (tertiary/aromatic N) is 3. The molecule has 5 nitrogen and oxygen atoms in total. The monoisotopic (exact) mass is 287 g/mol. The Balaban J connectivity index is 2.00. The summed E-state index contributed by atoms with van der Waals surface area (Å²) < 4.78 is 0.452. The molecule has 1 aromatic heterocycles. The summed E-state index contributed by atoms with van der Waals surface area (Å²) in [6, 6.07) is 0. The summed E-state index contributed by atoms with van der Waals surface area (Å²) in [5, 5.41) is 0. The summed E-state index contributed by atoms with van der Waals surface area (Å²) in [6.07, 6.45) is 2.51. The molecule has 0 spiro atoms. The van der Waals surface area contributed by atoms with E-state index in [-0.39, 0.29) is 0 Å². The molecule has 2 amide bonds. The van der Waals surface area contributed by atoms with E-state index < -0.39 is 11.8 Å². The van der Waals surface area contributed by atoms with E-state index >= 15 is 0 Å². The third-order valence-electron chi connectivity index (χ3n) is 2.76. The highest BCUT2D eigenvalue weighted by molar-refractivity contribution is 7.15. The number of carbonyl (C=O) groups excluding carboxylic acids is 2. The lowest BCUT2D eigenvalue weighted by Gasteiger charge is -2.33. The second-order valence-electron chi connectivity index (χ2n) is 4.10. The molecule has 0 atom stereocenters. The summed E-state index contributed by atoms with van der Waals surface area (Å²) in [5.41, 5.74) is 0. The van der Waals surface area contributed by atoms with Crippen LogP contribution in [0.4, 0.5) is 0 Å². The number of hydrogen-bond acceptors (Lipinski definition) is 4. The van der Waals surface area contributed by atoms with E-state index in [0.29, 0.717) is 30.6 Å². The molecule has 2 heterocycles. The maximum Gasteiger partial charge on any atom is 0.312 e. The van der Waals surface area contributed by atoms with Crippen molar-refractivity contribution in [3.05, 3.63) is 15.5 Å². The van der Waals surface area contributed by atoms with Gasteiger partial charge in [-0.25, -0.2) is 4.98 Å². The Morgan fingerprint density at radius 1 is 1.33 bits per heavy atom. The molecule has 7 heteroatoms. The zero-order valence-corrected chi connectivity index (χ0v) is 11.6. The Morgan fingerprint density at radius 2 is 2.00 bits per heavy atom. The number of halogens is 1. The lowest BCUT2D eigenvalue weighted by atomic mass is 10.2. The summed E-state index contributed by atoms with van der Waals surface area (Å²) in [4.78, 5) is 31.7. The van der Waals surface area contributed by atoms with Crippen LogP contribution >= 0.6 is 22.9 Å². The van der Waals surface area contributed by atoms with Gasteiger partial charge in [-0.05, 0) is 6.42 Å². The van der Waals surface area contributed by atoms with Crippen LogP contribution in [0, 0.1) is 0 Å². The third kappa shape index (κ3) is 2.81. The predicted octanol–water partition coefficient (Wildman–Crippen LogP) is 1.38. The van der Waals surface area contributed by atoms with Crippen LogP contribution in [0.3, 0.4) is 0 Å². The molecule has 0 aliphatic carbocycles. The molecule has 0 N–H and O–H groups in total. The number of carbonyl (C=O) groups is 2. The SMILES string of the molecule is CCCN1CCN(Cc2cnc(Cl)s2)C(=O)C1=O. The summed E-state index contributed by atoms with van der Waals surface area (Å²) >= 11 is 7.07. The van der Waals surface area contributed by atoms with Crippen LogP contribution in [-0.2, 0) is 16.1 Å². The molecule has 1 saturated heterocycles. The van der Waals surface area contributed by atoms with Gasteiger partial charge in [0.1, 0.15) is 0 Å². The number of thiazole rings is 1. The van der Waals surface area contributed by atoms with Crippen LogP contribution in [0.15, 0.2) is 6.20 Å². The van der Waals surface area contributed by atoms with E-state index in [4.69, 9.17) is 11.6 Å². The van der Waals surface area contributed by atoms with Crippen LogP contribution in [0.1, 0.15) is 18.2 Å². The first kappa shape index (κ1) is 13.3. The van der Waals surface area contributed by atoms with Crippen molar-refractivity contribution in [2.24, 2.45) is 0 Å². The topological polar surface area (TPSA) is 53.5 Å². The van der Waals surface area contributed by atoms with Crippen molar-refractivity contribution in [1.82, 2.24) is 14.8 Å². The smallest absolute Gasteiger partial charge is 0.312 e. The second-order valence-corrected chi connectivity index (χ2v) is 5.80. The normalized spacial score (nSPS) is 16.6. The van der Waals surface area contributed by atoms with Gasteiger partial charge in [0.2, 0.25) is 0 Å². The molecule has 1 fully saturated rings. The van der Waals surface area contributed by atoms with E-state index in [1.807, 2.05) is 6.92 Å². The van der Waals surface area contributed by atoms with Gasteiger partial charge in [0.25, 0.3) is 0 Å². The fourth-order valence-corrected chi connectivity index (χ4v) is 2.89. The highest BCUT2D eigenvalue weighted by Gasteiger charge is 2.32. The van der Waals surface area contributed by atoms with Crippen molar-refractivity contribution in [3.8, 4) is 0 Å². The maximum absolute atomic E-state index is 11.9. The van der Waals surface area contributed by atoms with E-state index in [1.54, 1.807) is 16.0 Å². The average Bonchev–Trinajstić information content (AvgIpc) is 2.75. The molecule has 2 rings (SSSR count). The molecule has 1 aliphatic heterocycles. The van der Waals surface area contributed by atoms with E-state index in [2.05, 4.69) is 4.98 Å². The number of aromatic nitrogens is 1. The fraction of sp³-hybridized carbons (Fsp3) is 0.545. The molecule has 1 aromatic rings. The Labute approximate surface area is 114 Å². The number of hydrogen-bond donors (Lipinski definition) is 0. The van der Waals surface area contributed by atoms with Gasteiger partial charge >= 0.3 is 11.8 Å². The predicted molar refractivity (Wildman–Crippen MR) is 69.4 cm³/mol. The van der Waals surface area contributed by atoms with Gasteiger partial charge in [-0.2, -0.15) is 0 Å². The molecule has 0 aromatic carbocycles. The van der Waals surface area contributed by atoms with Crippen LogP contribution in [0.5, 0.6) is 0 Å². The summed E-state index contributed by atoms with van der Waals surface area (Å²) in [6.45, 7) is 4.22. The van der Waals surface area contributed by atoms with E-state index in [1.165, 1.54) is 11.3 Å². The quantitative estimate of drug-likeness (QED) is 0.786. The molecular formula is C11H14ClN3O2S. The summed E-state index contributed by atoms with van der Waals surface area (Å²) in [5.74, 6) is -0.835. The molecule has 0 unspecified atom stereocenters. The fourth-order valence-electron chi connectivity index (χ4n) is 1.89. The van der Waals surface area contributed by atoms with Gasteiger partial charge in [-0.1, -0.05) is 18.5 Å². The average molecular weight is 288 g/mol. The van der Waals surface area contributed by atoms with Crippen molar-refractivity contribution >= 4 is 34.8 Å². The standard InChI is InChI=1S/C11H14ClN3O2S/c1-2-3-14-4-5-15(10(17)9(14)16)7-8-6-13-11(12)18-8/h6H,2-5,7H2,1H3. The minimum absolute atomic E-state index is 0.404. The third-order valence-corrected chi connectivity index (χ3v) is 3.86. The van der Waals surface area contributed by atoms with E-state index in [9.17, 15) is 9.59 Å². The largest absolute Gasteiger partial charge is 0.333 e. The van der Waals surface area contributed by atoms with Crippen molar-refractivity contribution < 1.29 is 9.59 Å². The molecule has 0 radical (unpaired) electrons. The van der Waals surface area contributed by atoms with Gasteiger partial charge in [-0.15, -0.1) is 11.3 Å². The molecule has 98 valence electrons. The van der Waals surface area contributed by atoms with Crippen molar-refractivity contribution in [2.45, 2.75) is 19.9 Å². The number of amides is 2. The molecule has 18 heavy (non-hydrogen) atoms. The van der Waals surface area contributed by atoms with Crippen LogP contribution in [0.25, 0.3) is 0 Å². The van der Waals surface area contributed by atoms with Gasteiger partial charge in [0.15, 0.2) is 4.47 Å². The van der Waals surface area contributed by atoms with Crippen molar-refractivity contribution in [2.75, 3.05) is 19.6 Å². The lowest BCUT2D eigenvalue weighted by molar-refractivity contribution is -0.156. The van der Waals surface area contributed by atoms with Crippen molar-refractivity contribution in [3.63, 3.8) is 0 Å². The Kier molecular flexibility index (Phi) is 4.19. The first-order chi connectivity index (χ1) is 8.61. The lowest BCUT2D eigenvalue weighted by Crippen LogP contribution is -2.53. The highest BCUT2D eigenvalue weighted by atomic mass is 35.5. The molecule has 0 bridgehead atoms. The number of piperazine rings is 1. The Morgan fingerprint density at radius 3 is 2.61 bits per heavy atom. The first-order valence-electron chi connectivity index (χ1n) is 5.80. The Hall–Kier alpha value is -1.14. The maximum atomic E-state index is 11.9. The van der Waals surface area contributed by atoms with Gasteiger partial charge < -0.3 is 9.80 Å². The Bertz CT molecular complexity index is 463. The zero-order valence-electron chi connectivity index (χ0n) is 10.1. The number of rotatable bonds is 4. The van der Waals surface area contributed by atoms with Crippen molar-refractivity contribution in [1.29, 1.82) is 0 Å². The minimum atomic E-state index is -0.431. The summed E-state index contributed by atoms with van der Waals surface area (Å²) in [7, 11) is 0. The highest BCUT2D eigenvalue weighted by Crippen LogP contribution is 2.20. The molecule has 1 aliphatic rings. The van der Waals surface area contributed by atoms with Crippen LogP contribution in [0.2, 0.25) is 4.47 Å². The van der Waals surface area contributed by atoms with E-state index in [0.717, 1.165) is 11.3 Å². The van der Waals surface area contributed by atoms with Gasteiger partial charge in [-0.3, -0.25) is 9.59 Å². The minimum Gasteiger partial charge on any atom is -0.333 e. The zero-order chi connectivity index (χ0) is 13.1. The first-order valence-corrected chi connectivity index (χ1v) is 6.99. The van der Waals surface area contributed by atoms with Crippen LogP contribution in [-0.4, -0.2) is 46.2 Å².